The van der Waals surface area contributed by atoms with Gasteiger partial charge < -0.3 is 19.9 Å². The third kappa shape index (κ3) is 4.68. The van der Waals surface area contributed by atoms with Gasteiger partial charge >= 0.3 is 0 Å². The zero-order valence-electron chi connectivity index (χ0n) is 19.4. The minimum Gasteiger partial charge on any atom is -0.497 e. The quantitative estimate of drug-likeness (QED) is 0.433. The summed E-state index contributed by atoms with van der Waals surface area (Å²) in [5.74, 6) is 0.324. The SMILES string of the molecule is COc1cccc(-n2c(C)cc(C(=O)Nc3ccc(NC(=O)C(C)n4cncn4)cc3)c2C)c1. The number of rotatable bonds is 7. The lowest BCUT2D eigenvalue weighted by Gasteiger charge is -2.13. The average Bonchev–Trinajstić information content (AvgIpc) is 3.48. The molecule has 2 amide bonds. The van der Waals surface area contributed by atoms with Crippen LogP contribution in [0.1, 0.15) is 34.7 Å². The number of nitrogens with one attached hydrogen (secondary N) is 2. The van der Waals surface area contributed by atoms with Crippen molar-refractivity contribution in [1.29, 1.82) is 0 Å². The number of benzene rings is 2. The summed E-state index contributed by atoms with van der Waals surface area (Å²) in [5, 5.41) is 9.75. The highest BCUT2D eigenvalue weighted by Crippen LogP contribution is 2.25. The minimum absolute atomic E-state index is 0.209. The molecule has 34 heavy (non-hydrogen) atoms. The van der Waals surface area contributed by atoms with E-state index in [4.69, 9.17) is 4.74 Å². The fourth-order valence-electron chi connectivity index (χ4n) is 3.76. The molecule has 2 heterocycles. The molecule has 0 spiro atoms. The Labute approximate surface area is 197 Å². The van der Waals surface area contributed by atoms with E-state index in [0.29, 0.717) is 16.9 Å². The number of hydrogen-bond donors (Lipinski definition) is 2. The summed E-state index contributed by atoms with van der Waals surface area (Å²) in [4.78, 5) is 29.3. The van der Waals surface area contributed by atoms with Crippen LogP contribution in [0.15, 0.2) is 67.3 Å². The normalized spacial score (nSPS) is 11.6. The van der Waals surface area contributed by atoms with Gasteiger partial charge in [0.25, 0.3) is 5.91 Å². The number of aryl methyl sites for hydroxylation is 1. The summed E-state index contributed by atoms with van der Waals surface area (Å²) in [6, 6.07) is 16.0. The van der Waals surface area contributed by atoms with Crippen LogP contribution < -0.4 is 15.4 Å². The first-order chi connectivity index (χ1) is 16.4. The van der Waals surface area contributed by atoms with Crippen molar-refractivity contribution in [1.82, 2.24) is 19.3 Å². The monoisotopic (exact) mass is 458 g/mol. The van der Waals surface area contributed by atoms with Crippen LogP contribution in [0, 0.1) is 13.8 Å². The summed E-state index contributed by atoms with van der Waals surface area (Å²) in [5.41, 5.74) is 4.52. The lowest BCUT2D eigenvalue weighted by Crippen LogP contribution is -2.24. The van der Waals surface area contributed by atoms with Gasteiger partial charge in [0.2, 0.25) is 5.91 Å². The van der Waals surface area contributed by atoms with E-state index < -0.39 is 6.04 Å². The van der Waals surface area contributed by atoms with Crippen molar-refractivity contribution in [2.75, 3.05) is 17.7 Å². The number of carbonyl (C=O) groups excluding carboxylic acids is 2. The Morgan fingerprint density at radius 3 is 2.35 bits per heavy atom. The third-order valence-corrected chi connectivity index (χ3v) is 5.61. The fourth-order valence-corrected chi connectivity index (χ4v) is 3.76. The molecule has 0 saturated carbocycles. The highest BCUT2D eigenvalue weighted by atomic mass is 16.5. The number of methoxy groups -OCH3 is 1. The molecule has 9 heteroatoms. The van der Waals surface area contributed by atoms with Crippen molar-refractivity contribution in [3.8, 4) is 11.4 Å². The van der Waals surface area contributed by atoms with Crippen LogP contribution in [0.5, 0.6) is 5.75 Å². The van der Waals surface area contributed by atoms with Crippen molar-refractivity contribution in [2.45, 2.75) is 26.8 Å². The zero-order valence-corrected chi connectivity index (χ0v) is 19.4. The van der Waals surface area contributed by atoms with Gasteiger partial charge in [-0.15, -0.1) is 0 Å². The Morgan fingerprint density at radius 1 is 1.00 bits per heavy atom. The predicted molar refractivity (Wildman–Crippen MR) is 130 cm³/mol. The first-order valence-electron chi connectivity index (χ1n) is 10.8. The fraction of sp³-hybridized carbons (Fsp3) is 0.200. The summed E-state index contributed by atoms with van der Waals surface area (Å²) >= 11 is 0. The van der Waals surface area contributed by atoms with Crippen LogP contribution >= 0.6 is 0 Å². The van der Waals surface area contributed by atoms with E-state index in [0.717, 1.165) is 22.8 Å². The van der Waals surface area contributed by atoms with Crippen LogP contribution in [0.3, 0.4) is 0 Å². The molecule has 1 unspecified atom stereocenters. The number of carbonyl (C=O) groups is 2. The summed E-state index contributed by atoms with van der Waals surface area (Å²) in [6.45, 7) is 5.61. The molecule has 1 atom stereocenters. The molecule has 0 fully saturated rings. The molecule has 0 radical (unpaired) electrons. The molecular formula is C25H26N6O3. The third-order valence-electron chi connectivity index (χ3n) is 5.61. The van der Waals surface area contributed by atoms with Gasteiger partial charge in [-0.2, -0.15) is 5.10 Å². The zero-order chi connectivity index (χ0) is 24.2. The second-order valence-electron chi connectivity index (χ2n) is 7.89. The van der Waals surface area contributed by atoms with Crippen molar-refractivity contribution >= 4 is 23.2 Å². The Balaban J connectivity index is 1.45. The number of amides is 2. The van der Waals surface area contributed by atoms with E-state index >= 15 is 0 Å². The largest absolute Gasteiger partial charge is 0.497 e. The van der Waals surface area contributed by atoms with Gasteiger partial charge in [-0.3, -0.25) is 9.59 Å². The van der Waals surface area contributed by atoms with E-state index in [1.165, 1.54) is 17.3 Å². The Bertz CT molecular complexity index is 1310. The number of hydrogen-bond acceptors (Lipinski definition) is 5. The smallest absolute Gasteiger partial charge is 0.257 e. The maximum atomic E-state index is 13.0. The van der Waals surface area contributed by atoms with Crippen molar-refractivity contribution in [3.63, 3.8) is 0 Å². The lowest BCUT2D eigenvalue weighted by atomic mass is 10.2. The molecule has 9 nitrogen and oxygen atoms in total. The highest BCUT2D eigenvalue weighted by Gasteiger charge is 2.18. The molecule has 0 aliphatic heterocycles. The molecule has 2 aromatic carbocycles. The van der Waals surface area contributed by atoms with Crippen LogP contribution in [-0.4, -0.2) is 38.3 Å². The van der Waals surface area contributed by atoms with Gasteiger partial charge in [0.1, 0.15) is 24.4 Å². The summed E-state index contributed by atoms with van der Waals surface area (Å²) in [6.07, 6.45) is 2.88. The Kier molecular flexibility index (Phi) is 6.44. The first-order valence-corrected chi connectivity index (χ1v) is 10.8. The number of aromatic nitrogens is 4. The molecule has 2 aromatic heterocycles. The van der Waals surface area contributed by atoms with Gasteiger partial charge in [-0.05, 0) is 63.2 Å². The first kappa shape index (κ1) is 22.8. The van der Waals surface area contributed by atoms with E-state index in [1.807, 2.05) is 48.7 Å². The second-order valence-corrected chi connectivity index (χ2v) is 7.89. The van der Waals surface area contributed by atoms with E-state index in [9.17, 15) is 9.59 Å². The van der Waals surface area contributed by atoms with Gasteiger partial charge in [0, 0.05) is 34.5 Å². The van der Waals surface area contributed by atoms with Gasteiger partial charge in [-0.25, -0.2) is 9.67 Å². The van der Waals surface area contributed by atoms with Crippen molar-refractivity contribution < 1.29 is 14.3 Å². The molecule has 0 aliphatic carbocycles. The van der Waals surface area contributed by atoms with Gasteiger partial charge in [-0.1, -0.05) is 6.07 Å². The standard InChI is InChI=1S/C25H26N6O3/c1-16-12-23(17(2)31(16)21-6-5-7-22(13-21)34-4)25(33)29-20-10-8-19(9-11-20)28-24(32)18(3)30-15-26-14-27-30/h5-15,18H,1-4H3,(H,28,32)(H,29,33). The molecular weight excluding hydrogens is 432 g/mol. The van der Waals surface area contributed by atoms with E-state index in [2.05, 4.69) is 20.7 Å². The Hall–Kier alpha value is -4.40. The van der Waals surface area contributed by atoms with Gasteiger partial charge in [0.05, 0.1) is 12.7 Å². The highest BCUT2D eigenvalue weighted by molar-refractivity contribution is 6.05. The number of nitrogens with zero attached hydrogens (tertiary/aromatic N) is 4. The van der Waals surface area contributed by atoms with Crippen molar-refractivity contribution in [2.24, 2.45) is 0 Å². The van der Waals surface area contributed by atoms with Crippen LogP contribution in [0.2, 0.25) is 0 Å². The molecule has 0 saturated heterocycles. The summed E-state index contributed by atoms with van der Waals surface area (Å²) < 4.78 is 8.83. The number of ether oxygens (including phenoxy) is 1. The van der Waals surface area contributed by atoms with Gasteiger partial charge in [0.15, 0.2) is 0 Å². The van der Waals surface area contributed by atoms with Crippen LogP contribution in [0.25, 0.3) is 5.69 Å². The van der Waals surface area contributed by atoms with E-state index in [-0.39, 0.29) is 11.8 Å². The molecule has 0 aliphatic rings. The average molecular weight is 459 g/mol. The van der Waals surface area contributed by atoms with E-state index in [1.54, 1.807) is 38.3 Å². The van der Waals surface area contributed by atoms with Crippen molar-refractivity contribution in [3.05, 3.63) is 84.2 Å². The Morgan fingerprint density at radius 2 is 1.71 bits per heavy atom. The lowest BCUT2D eigenvalue weighted by molar-refractivity contribution is -0.119. The summed E-state index contributed by atoms with van der Waals surface area (Å²) in [7, 11) is 1.63. The maximum absolute atomic E-state index is 13.0. The van der Waals surface area contributed by atoms with Crippen LogP contribution in [-0.2, 0) is 4.79 Å². The predicted octanol–water partition coefficient (Wildman–Crippen LogP) is 4.15. The molecule has 0 bridgehead atoms. The van der Waals surface area contributed by atoms with Crippen LogP contribution in [0.4, 0.5) is 11.4 Å². The number of anilines is 2. The topological polar surface area (TPSA) is 103 Å². The second kappa shape index (κ2) is 9.62. The minimum atomic E-state index is -0.498. The molecule has 174 valence electrons. The molecule has 4 rings (SSSR count). The molecule has 2 N–H and O–H groups in total. The molecule has 4 aromatic rings. The maximum Gasteiger partial charge on any atom is 0.257 e.